The van der Waals surface area contributed by atoms with Crippen LogP contribution < -0.4 is 5.32 Å². The molecule has 1 atom stereocenters. The van der Waals surface area contributed by atoms with E-state index in [1.807, 2.05) is 19.1 Å². The van der Waals surface area contributed by atoms with Crippen LogP contribution in [0.15, 0.2) is 34.9 Å². The lowest BCUT2D eigenvalue weighted by molar-refractivity contribution is 0.0925. The molecule has 0 fully saturated rings. The molecule has 0 amide bonds. The molecule has 1 heterocycles. The van der Waals surface area contributed by atoms with Crippen LogP contribution in [-0.2, 0) is 0 Å². The van der Waals surface area contributed by atoms with Gasteiger partial charge in [0.1, 0.15) is 5.58 Å². The number of ketones is 1. The SMILES string of the molecule is CCNC(CCO)C(=O)c1ccc2ccoc2c1. The molecule has 0 saturated heterocycles. The zero-order valence-corrected chi connectivity index (χ0v) is 10.3. The average molecular weight is 247 g/mol. The van der Waals surface area contributed by atoms with Crippen molar-refractivity contribution in [3.8, 4) is 0 Å². The van der Waals surface area contributed by atoms with Gasteiger partial charge in [0.25, 0.3) is 0 Å². The number of nitrogens with one attached hydrogen (secondary N) is 1. The first-order valence-corrected chi connectivity index (χ1v) is 6.12. The van der Waals surface area contributed by atoms with Gasteiger partial charge in [0, 0.05) is 17.6 Å². The molecule has 1 unspecified atom stereocenters. The lowest BCUT2D eigenvalue weighted by Gasteiger charge is -2.15. The van der Waals surface area contributed by atoms with Crippen LogP contribution in [0.3, 0.4) is 0 Å². The van der Waals surface area contributed by atoms with Gasteiger partial charge in [-0.25, -0.2) is 0 Å². The Morgan fingerprint density at radius 3 is 3.00 bits per heavy atom. The number of Topliss-reactive ketones (excluding diaryl/α,β-unsaturated/α-hetero) is 1. The van der Waals surface area contributed by atoms with E-state index in [1.165, 1.54) is 0 Å². The van der Waals surface area contributed by atoms with Crippen LogP contribution in [0.2, 0.25) is 0 Å². The minimum atomic E-state index is -0.340. The Hall–Kier alpha value is -1.65. The third kappa shape index (κ3) is 2.60. The topological polar surface area (TPSA) is 62.5 Å². The van der Waals surface area contributed by atoms with Crippen molar-refractivity contribution in [3.05, 3.63) is 36.1 Å². The summed E-state index contributed by atoms with van der Waals surface area (Å²) in [7, 11) is 0. The number of aliphatic hydroxyl groups excluding tert-OH is 1. The van der Waals surface area contributed by atoms with Gasteiger partial charge in [-0.3, -0.25) is 4.79 Å². The number of aliphatic hydroxyl groups is 1. The molecule has 1 aromatic heterocycles. The van der Waals surface area contributed by atoms with Crippen molar-refractivity contribution in [1.29, 1.82) is 0 Å². The molecule has 2 N–H and O–H groups in total. The summed E-state index contributed by atoms with van der Waals surface area (Å²) in [5.41, 5.74) is 1.32. The number of hydrogen-bond donors (Lipinski definition) is 2. The third-order valence-corrected chi connectivity index (χ3v) is 2.93. The van der Waals surface area contributed by atoms with E-state index >= 15 is 0 Å². The van der Waals surface area contributed by atoms with E-state index < -0.39 is 0 Å². The summed E-state index contributed by atoms with van der Waals surface area (Å²) in [6.07, 6.45) is 2.03. The predicted molar refractivity (Wildman–Crippen MR) is 69.7 cm³/mol. The molecule has 1 aromatic carbocycles. The van der Waals surface area contributed by atoms with Crippen LogP contribution in [0.1, 0.15) is 23.7 Å². The van der Waals surface area contributed by atoms with Gasteiger partial charge in [-0.2, -0.15) is 0 Å². The second-order valence-electron chi connectivity index (χ2n) is 4.16. The number of carbonyl (C=O) groups is 1. The molecule has 0 aliphatic rings. The fraction of sp³-hybridized carbons (Fsp3) is 0.357. The highest BCUT2D eigenvalue weighted by Gasteiger charge is 2.19. The summed E-state index contributed by atoms with van der Waals surface area (Å²) in [5.74, 6) is -0.01000. The van der Waals surface area contributed by atoms with Gasteiger partial charge in [0.15, 0.2) is 5.78 Å². The Labute approximate surface area is 106 Å². The molecule has 0 aliphatic carbocycles. The number of carbonyl (C=O) groups excluding carboxylic acids is 1. The first kappa shape index (κ1) is 12.8. The van der Waals surface area contributed by atoms with Crippen molar-refractivity contribution in [3.63, 3.8) is 0 Å². The highest BCUT2D eigenvalue weighted by molar-refractivity contribution is 6.02. The zero-order valence-electron chi connectivity index (χ0n) is 10.3. The molecule has 0 spiro atoms. The van der Waals surface area contributed by atoms with E-state index in [-0.39, 0.29) is 18.4 Å². The maximum Gasteiger partial charge on any atom is 0.179 e. The van der Waals surface area contributed by atoms with E-state index in [4.69, 9.17) is 9.52 Å². The van der Waals surface area contributed by atoms with Gasteiger partial charge in [0.2, 0.25) is 0 Å². The van der Waals surface area contributed by atoms with E-state index in [1.54, 1.807) is 18.4 Å². The quantitative estimate of drug-likeness (QED) is 0.766. The molecular weight excluding hydrogens is 230 g/mol. The van der Waals surface area contributed by atoms with Gasteiger partial charge in [0.05, 0.1) is 12.3 Å². The molecule has 96 valence electrons. The predicted octanol–water partition coefficient (Wildman–Crippen LogP) is 1.98. The monoisotopic (exact) mass is 247 g/mol. The molecule has 2 rings (SSSR count). The van der Waals surface area contributed by atoms with Crippen molar-refractivity contribution < 1.29 is 14.3 Å². The summed E-state index contributed by atoms with van der Waals surface area (Å²) in [5, 5.41) is 13.1. The minimum Gasteiger partial charge on any atom is -0.464 e. The molecule has 0 aliphatic heterocycles. The molecule has 0 saturated carbocycles. The fourth-order valence-corrected chi connectivity index (χ4v) is 2.01. The number of hydrogen-bond acceptors (Lipinski definition) is 4. The largest absolute Gasteiger partial charge is 0.464 e. The fourth-order valence-electron chi connectivity index (χ4n) is 2.01. The van der Waals surface area contributed by atoms with Crippen molar-refractivity contribution >= 4 is 16.8 Å². The first-order valence-electron chi connectivity index (χ1n) is 6.12. The van der Waals surface area contributed by atoms with Crippen LogP contribution in [0.25, 0.3) is 11.0 Å². The number of benzene rings is 1. The van der Waals surface area contributed by atoms with Crippen molar-refractivity contribution in [1.82, 2.24) is 5.32 Å². The van der Waals surface area contributed by atoms with Gasteiger partial charge >= 0.3 is 0 Å². The number of furan rings is 1. The van der Waals surface area contributed by atoms with Gasteiger partial charge in [-0.15, -0.1) is 0 Å². The van der Waals surface area contributed by atoms with Crippen molar-refractivity contribution in [2.45, 2.75) is 19.4 Å². The van der Waals surface area contributed by atoms with Crippen LogP contribution in [-0.4, -0.2) is 30.1 Å². The second kappa shape index (κ2) is 5.80. The van der Waals surface area contributed by atoms with Gasteiger partial charge in [-0.1, -0.05) is 19.1 Å². The molecule has 18 heavy (non-hydrogen) atoms. The summed E-state index contributed by atoms with van der Waals surface area (Å²) < 4.78 is 5.29. The molecule has 4 heteroatoms. The average Bonchev–Trinajstić information content (AvgIpc) is 2.84. The maximum atomic E-state index is 12.3. The Kier molecular flexibility index (Phi) is 4.12. The van der Waals surface area contributed by atoms with Crippen LogP contribution in [0.5, 0.6) is 0 Å². The van der Waals surface area contributed by atoms with E-state index in [0.717, 1.165) is 5.39 Å². The lowest BCUT2D eigenvalue weighted by Crippen LogP contribution is -2.37. The smallest absolute Gasteiger partial charge is 0.179 e. The van der Waals surface area contributed by atoms with Crippen LogP contribution in [0, 0.1) is 0 Å². The Morgan fingerprint density at radius 2 is 2.28 bits per heavy atom. The summed E-state index contributed by atoms with van der Waals surface area (Å²) in [6.45, 7) is 2.62. The molecule has 0 radical (unpaired) electrons. The summed E-state index contributed by atoms with van der Waals surface area (Å²) in [4.78, 5) is 12.3. The Bertz CT molecular complexity index is 527. The van der Waals surface area contributed by atoms with E-state index in [0.29, 0.717) is 24.1 Å². The molecular formula is C14H17NO3. The third-order valence-electron chi connectivity index (χ3n) is 2.93. The normalized spacial score (nSPS) is 12.8. The Balaban J connectivity index is 2.24. The Morgan fingerprint density at radius 1 is 1.44 bits per heavy atom. The van der Waals surface area contributed by atoms with Crippen LogP contribution >= 0.6 is 0 Å². The molecule has 2 aromatic rings. The lowest BCUT2D eigenvalue weighted by atomic mass is 10.0. The first-order chi connectivity index (χ1) is 8.76. The zero-order chi connectivity index (χ0) is 13.0. The highest BCUT2D eigenvalue weighted by Crippen LogP contribution is 2.18. The second-order valence-corrected chi connectivity index (χ2v) is 4.16. The highest BCUT2D eigenvalue weighted by atomic mass is 16.3. The number of rotatable bonds is 6. The summed E-state index contributed by atoms with van der Waals surface area (Å²) >= 11 is 0. The van der Waals surface area contributed by atoms with E-state index in [2.05, 4.69) is 5.32 Å². The van der Waals surface area contributed by atoms with Gasteiger partial charge < -0.3 is 14.8 Å². The van der Waals surface area contributed by atoms with Crippen molar-refractivity contribution in [2.24, 2.45) is 0 Å². The molecule has 4 nitrogen and oxygen atoms in total. The van der Waals surface area contributed by atoms with Gasteiger partial charge in [-0.05, 0) is 25.1 Å². The summed E-state index contributed by atoms with van der Waals surface area (Å²) in [6, 6.07) is 6.93. The standard InChI is InChI=1S/C14H17NO3/c1-2-15-12(5-7-16)14(17)11-4-3-10-6-8-18-13(10)9-11/h3-4,6,8-9,12,15-16H,2,5,7H2,1H3. The maximum absolute atomic E-state index is 12.3. The van der Waals surface area contributed by atoms with Crippen LogP contribution in [0.4, 0.5) is 0 Å². The van der Waals surface area contributed by atoms with E-state index in [9.17, 15) is 4.79 Å². The van der Waals surface area contributed by atoms with Crippen molar-refractivity contribution in [2.75, 3.05) is 13.2 Å². The molecule has 0 bridgehead atoms. The number of likely N-dealkylation sites (N-methyl/N-ethyl adjacent to an activating group) is 1. The minimum absolute atomic E-state index is 0.00754. The number of fused-ring (bicyclic) bond motifs is 1.